The molecule has 1 fully saturated rings. The number of benzene rings is 1. The molecule has 1 heterocycles. The van der Waals surface area contributed by atoms with Gasteiger partial charge in [0.25, 0.3) is 0 Å². The molecular formula is C11H10O3. The van der Waals surface area contributed by atoms with E-state index in [9.17, 15) is 9.59 Å². The Balaban J connectivity index is 2.31. The fraction of sp³-hybridized carbons (Fsp3) is 0.273. The van der Waals surface area contributed by atoms with E-state index in [4.69, 9.17) is 0 Å². The number of hydrogen-bond donors (Lipinski definition) is 0. The highest BCUT2D eigenvalue weighted by Crippen LogP contribution is 2.27. The lowest BCUT2D eigenvalue weighted by atomic mass is 9.96. The fourth-order valence-electron chi connectivity index (χ4n) is 1.62. The third-order valence-corrected chi connectivity index (χ3v) is 2.31. The zero-order valence-electron chi connectivity index (χ0n) is 7.82. The number of aryl methyl sites for hydroxylation is 1. The van der Waals surface area contributed by atoms with Crippen molar-refractivity contribution in [3.8, 4) is 0 Å². The van der Waals surface area contributed by atoms with Crippen molar-refractivity contribution in [3.63, 3.8) is 0 Å². The van der Waals surface area contributed by atoms with Gasteiger partial charge in [-0.3, -0.25) is 9.59 Å². The third-order valence-electron chi connectivity index (χ3n) is 2.31. The van der Waals surface area contributed by atoms with Crippen molar-refractivity contribution in [2.24, 2.45) is 0 Å². The van der Waals surface area contributed by atoms with Crippen LogP contribution < -0.4 is 0 Å². The summed E-state index contributed by atoms with van der Waals surface area (Å²) in [5.41, 5.74) is 1.94. The first-order chi connectivity index (χ1) is 6.66. The number of esters is 2. The van der Waals surface area contributed by atoms with Gasteiger partial charge in [0, 0.05) is 0 Å². The maximum Gasteiger partial charge on any atom is 0.321 e. The molecule has 0 radical (unpaired) electrons. The van der Waals surface area contributed by atoms with Gasteiger partial charge in [-0.05, 0) is 12.5 Å². The first-order valence-corrected chi connectivity index (χ1v) is 4.48. The van der Waals surface area contributed by atoms with Gasteiger partial charge in [0.2, 0.25) is 0 Å². The van der Waals surface area contributed by atoms with Gasteiger partial charge in [-0.2, -0.15) is 0 Å². The highest BCUT2D eigenvalue weighted by Gasteiger charge is 2.34. The molecule has 0 aliphatic carbocycles. The molecule has 0 spiro atoms. The summed E-state index contributed by atoms with van der Waals surface area (Å²) in [5, 5.41) is 0. The van der Waals surface area contributed by atoms with Crippen molar-refractivity contribution in [2.75, 3.05) is 0 Å². The first-order valence-electron chi connectivity index (χ1n) is 4.48. The molecule has 0 amide bonds. The normalized spacial score (nSPS) is 21.1. The Bertz CT molecular complexity index is 395. The summed E-state index contributed by atoms with van der Waals surface area (Å²) < 4.78 is 4.49. The van der Waals surface area contributed by atoms with Crippen molar-refractivity contribution < 1.29 is 14.3 Å². The lowest BCUT2D eigenvalue weighted by molar-refractivity contribution is -0.152. The van der Waals surface area contributed by atoms with Crippen LogP contribution in [-0.2, 0) is 14.3 Å². The van der Waals surface area contributed by atoms with Crippen LogP contribution in [0.15, 0.2) is 24.3 Å². The number of cyclic esters (lactones) is 2. The van der Waals surface area contributed by atoms with E-state index in [2.05, 4.69) is 4.74 Å². The van der Waals surface area contributed by atoms with Crippen molar-refractivity contribution in [1.82, 2.24) is 0 Å². The van der Waals surface area contributed by atoms with Crippen molar-refractivity contribution in [1.29, 1.82) is 0 Å². The highest BCUT2D eigenvalue weighted by atomic mass is 16.6. The van der Waals surface area contributed by atoms with E-state index in [1.165, 1.54) is 0 Å². The molecule has 0 bridgehead atoms. The van der Waals surface area contributed by atoms with Gasteiger partial charge < -0.3 is 4.74 Å². The molecule has 1 saturated heterocycles. The SMILES string of the molecule is Cc1cccc(C2CC(=O)OC2=O)c1. The molecule has 1 aromatic carbocycles. The third kappa shape index (κ3) is 1.53. The van der Waals surface area contributed by atoms with Gasteiger partial charge in [0.1, 0.15) is 0 Å². The zero-order valence-corrected chi connectivity index (χ0v) is 7.82. The number of ether oxygens (including phenoxy) is 1. The van der Waals surface area contributed by atoms with Crippen LogP contribution in [0.2, 0.25) is 0 Å². The molecule has 1 aliphatic rings. The van der Waals surface area contributed by atoms with Crippen molar-refractivity contribution in [2.45, 2.75) is 19.3 Å². The van der Waals surface area contributed by atoms with E-state index in [-0.39, 0.29) is 6.42 Å². The maximum atomic E-state index is 11.3. The fourth-order valence-corrected chi connectivity index (χ4v) is 1.62. The molecule has 1 aliphatic heterocycles. The Morgan fingerprint density at radius 3 is 2.71 bits per heavy atom. The summed E-state index contributed by atoms with van der Waals surface area (Å²) in [7, 11) is 0. The first kappa shape index (κ1) is 8.94. The van der Waals surface area contributed by atoms with Crippen LogP contribution in [0, 0.1) is 6.92 Å². The second-order valence-corrected chi connectivity index (χ2v) is 3.46. The minimum absolute atomic E-state index is 0.169. The van der Waals surface area contributed by atoms with Crippen LogP contribution in [-0.4, -0.2) is 11.9 Å². The van der Waals surface area contributed by atoms with Gasteiger partial charge in [-0.15, -0.1) is 0 Å². The van der Waals surface area contributed by atoms with Gasteiger partial charge >= 0.3 is 11.9 Å². The van der Waals surface area contributed by atoms with Gasteiger partial charge in [-0.1, -0.05) is 29.8 Å². The predicted octanol–water partition coefficient (Wildman–Crippen LogP) is 1.55. The van der Waals surface area contributed by atoms with E-state index in [1.807, 2.05) is 31.2 Å². The van der Waals surface area contributed by atoms with E-state index in [1.54, 1.807) is 0 Å². The summed E-state index contributed by atoms with van der Waals surface area (Å²) >= 11 is 0. The van der Waals surface area contributed by atoms with Crippen LogP contribution in [0.25, 0.3) is 0 Å². The van der Waals surface area contributed by atoms with Crippen LogP contribution >= 0.6 is 0 Å². The zero-order chi connectivity index (χ0) is 10.1. The summed E-state index contributed by atoms with van der Waals surface area (Å²) in [6.45, 7) is 1.95. The molecule has 3 nitrogen and oxygen atoms in total. The van der Waals surface area contributed by atoms with Crippen LogP contribution in [0.1, 0.15) is 23.5 Å². The molecule has 3 heteroatoms. The number of carbonyl (C=O) groups excluding carboxylic acids is 2. The van der Waals surface area contributed by atoms with Gasteiger partial charge in [0.05, 0.1) is 12.3 Å². The van der Waals surface area contributed by atoms with Crippen LogP contribution in [0.5, 0.6) is 0 Å². The van der Waals surface area contributed by atoms with E-state index in [0.717, 1.165) is 11.1 Å². The largest absolute Gasteiger partial charge is 0.393 e. The Morgan fingerprint density at radius 1 is 1.36 bits per heavy atom. The summed E-state index contributed by atoms with van der Waals surface area (Å²) in [6.07, 6.45) is 0.169. The molecule has 0 aromatic heterocycles. The van der Waals surface area contributed by atoms with Crippen molar-refractivity contribution in [3.05, 3.63) is 35.4 Å². The average Bonchev–Trinajstić information content (AvgIpc) is 2.45. The minimum Gasteiger partial charge on any atom is -0.393 e. The second-order valence-electron chi connectivity index (χ2n) is 3.46. The van der Waals surface area contributed by atoms with E-state index in [0.29, 0.717) is 0 Å². The molecule has 0 saturated carbocycles. The predicted molar refractivity (Wildman–Crippen MR) is 49.6 cm³/mol. The Morgan fingerprint density at radius 2 is 2.14 bits per heavy atom. The topological polar surface area (TPSA) is 43.4 Å². The quantitative estimate of drug-likeness (QED) is 0.498. The number of carbonyl (C=O) groups is 2. The second kappa shape index (κ2) is 3.25. The van der Waals surface area contributed by atoms with E-state index >= 15 is 0 Å². The molecule has 1 atom stereocenters. The van der Waals surface area contributed by atoms with Gasteiger partial charge in [0.15, 0.2) is 0 Å². The van der Waals surface area contributed by atoms with E-state index < -0.39 is 17.9 Å². The monoisotopic (exact) mass is 190 g/mol. The molecular weight excluding hydrogens is 180 g/mol. The number of rotatable bonds is 1. The average molecular weight is 190 g/mol. The number of hydrogen-bond acceptors (Lipinski definition) is 3. The highest BCUT2D eigenvalue weighted by molar-refractivity contribution is 5.97. The molecule has 14 heavy (non-hydrogen) atoms. The standard InChI is InChI=1S/C11H10O3/c1-7-3-2-4-8(5-7)9-6-10(12)14-11(9)13/h2-5,9H,6H2,1H3. The molecule has 1 aromatic rings. The Kier molecular flexibility index (Phi) is 2.08. The summed E-state index contributed by atoms with van der Waals surface area (Å²) in [5.74, 6) is -1.26. The van der Waals surface area contributed by atoms with Gasteiger partial charge in [-0.25, -0.2) is 0 Å². The van der Waals surface area contributed by atoms with Crippen LogP contribution in [0.3, 0.4) is 0 Å². The Labute approximate surface area is 81.7 Å². The smallest absolute Gasteiger partial charge is 0.321 e. The molecule has 0 N–H and O–H groups in total. The molecule has 1 unspecified atom stereocenters. The van der Waals surface area contributed by atoms with Crippen LogP contribution in [0.4, 0.5) is 0 Å². The summed E-state index contributed by atoms with van der Waals surface area (Å²) in [4.78, 5) is 22.1. The maximum absolute atomic E-state index is 11.3. The lowest BCUT2D eigenvalue weighted by Crippen LogP contribution is -2.05. The molecule has 2 rings (SSSR count). The summed E-state index contributed by atoms with van der Waals surface area (Å²) in [6, 6.07) is 7.58. The molecule has 72 valence electrons. The minimum atomic E-state index is -0.430. The van der Waals surface area contributed by atoms with Crippen molar-refractivity contribution >= 4 is 11.9 Å². The Hall–Kier alpha value is -1.64. The lowest BCUT2D eigenvalue weighted by Gasteiger charge is -2.04.